The summed E-state index contributed by atoms with van der Waals surface area (Å²) >= 11 is 0. The minimum Gasteiger partial charge on any atom is -0.488 e. The quantitative estimate of drug-likeness (QED) is 0.295. The monoisotopic (exact) mass is 563 g/mol. The highest BCUT2D eigenvalue weighted by molar-refractivity contribution is 7.92. The molecule has 1 aromatic heterocycles. The summed E-state index contributed by atoms with van der Waals surface area (Å²) in [5.74, 6) is -0.775. The number of anilines is 1. The van der Waals surface area contributed by atoms with Crippen molar-refractivity contribution in [2.45, 2.75) is 90.4 Å². The summed E-state index contributed by atoms with van der Waals surface area (Å²) in [6.45, 7) is 15.0. The molecule has 39 heavy (non-hydrogen) atoms. The molecule has 1 heterocycles. The Labute approximate surface area is 231 Å². The number of nitrogens with one attached hydrogen (secondary N) is 2. The van der Waals surface area contributed by atoms with Crippen LogP contribution in [0.2, 0.25) is 0 Å². The van der Waals surface area contributed by atoms with Gasteiger partial charge < -0.3 is 19.9 Å². The van der Waals surface area contributed by atoms with Gasteiger partial charge in [0.1, 0.15) is 17.2 Å². The number of amides is 1. The van der Waals surface area contributed by atoms with E-state index in [4.69, 9.17) is 9.47 Å². The van der Waals surface area contributed by atoms with E-state index < -0.39 is 32.5 Å². The van der Waals surface area contributed by atoms with Gasteiger partial charge >= 0.3 is 5.97 Å². The van der Waals surface area contributed by atoms with Crippen LogP contribution in [-0.2, 0) is 19.6 Å². The number of benzene rings is 1. The van der Waals surface area contributed by atoms with Crippen LogP contribution in [0.1, 0.15) is 78.6 Å². The number of carboxylic acid groups (broad SMARTS) is 1. The first kappa shape index (κ1) is 32.0. The van der Waals surface area contributed by atoms with Crippen molar-refractivity contribution in [1.29, 1.82) is 0 Å². The molecule has 0 atom stereocenters. The van der Waals surface area contributed by atoms with Gasteiger partial charge in [-0.05, 0) is 98.2 Å². The molecule has 10 nitrogen and oxygen atoms in total. The highest BCUT2D eigenvalue weighted by Crippen LogP contribution is 2.32. The second kappa shape index (κ2) is 12.3. The zero-order chi connectivity index (χ0) is 29.6. The Kier molecular flexibility index (Phi) is 10.1. The number of aliphatic carboxylic acids is 1. The smallest absolute Gasteiger partial charge is 0.309 e. The van der Waals surface area contributed by atoms with Crippen LogP contribution in [0.25, 0.3) is 0 Å². The maximum atomic E-state index is 12.9. The fourth-order valence-electron chi connectivity index (χ4n) is 3.96. The number of sulfonamides is 1. The van der Waals surface area contributed by atoms with Gasteiger partial charge in [-0.15, -0.1) is 0 Å². The van der Waals surface area contributed by atoms with Gasteiger partial charge in [-0.25, -0.2) is 13.4 Å². The fourth-order valence-corrected chi connectivity index (χ4v) is 4.97. The van der Waals surface area contributed by atoms with E-state index in [2.05, 4.69) is 15.0 Å². The number of carbonyl (C=O) groups is 2. The highest BCUT2D eigenvalue weighted by atomic mass is 32.2. The van der Waals surface area contributed by atoms with Crippen LogP contribution >= 0.6 is 0 Å². The molecule has 2 aromatic rings. The lowest BCUT2D eigenvalue weighted by atomic mass is 9.82. The number of ether oxygens (including phenoxy) is 2. The van der Waals surface area contributed by atoms with Crippen molar-refractivity contribution in [3.8, 4) is 5.75 Å². The number of rotatable bonds is 14. The molecule has 0 saturated carbocycles. The van der Waals surface area contributed by atoms with Gasteiger partial charge in [-0.1, -0.05) is 0 Å². The molecule has 1 aromatic carbocycles. The van der Waals surface area contributed by atoms with E-state index in [1.165, 1.54) is 42.6 Å². The zero-order valence-electron chi connectivity index (χ0n) is 24.0. The Balaban J connectivity index is 2.02. The Hall–Kier alpha value is -3.18. The standard InChI is InChI=1S/C28H41N3O7S/c1-19(2)37-16-15-27(5,6)30-24(32)20-9-14-23(29-17-20)31-39(35,36)22-12-10-21(11-13-22)38-28(7,8)18-26(3,4)25(33)34/h9-14,17,19H,15-16,18H2,1-8H3,(H,29,31)(H,30,32)(H,33,34). The van der Waals surface area contributed by atoms with E-state index in [0.717, 1.165) is 0 Å². The Bertz CT molecular complexity index is 1240. The van der Waals surface area contributed by atoms with Crippen molar-refractivity contribution in [2.24, 2.45) is 5.41 Å². The second-order valence-electron chi connectivity index (χ2n) is 11.7. The normalized spacial score (nSPS) is 12.7. The average Bonchev–Trinajstić information content (AvgIpc) is 2.77. The largest absolute Gasteiger partial charge is 0.488 e. The van der Waals surface area contributed by atoms with E-state index in [-0.39, 0.29) is 29.1 Å². The summed E-state index contributed by atoms with van der Waals surface area (Å²) in [5.41, 5.74) is -1.98. The second-order valence-corrected chi connectivity index (χ2v) is 13.4. The predicted octanol–water partition coefficient (Wildman–Crippen LogP) is 4.86. The third kappa shape index (κ3) is 10.1. The van der Waals surface area contributed by atoms with Gasteiger partial charge in [0.15, 0.2) is 0 Å². The van der Waals surface area contributed by atoms with Crippen LogP contribution in [0.5, 0.6) is 5.75 Å². The molecule has 0 fully saturated rings. The number of hydrogen-bond acceptors (Lipinski definition) is 7. The van der Waals surface area contributed by atoms with E-state index in [9.17, 15) is 23.1 Å². The van der Waals surface area contributed by atoms with Gasteiger partial charge in [-0.3, -0.25) is 14.3 Å². The summed E-state index contributed by atoms with van der Waals surface area (Å²) in [7, 11) is -3.95. The van der Waals surface area contributed by atoms with Crippen LogP contribution in [0.15, 0.2) is 47.5 Å². The average molecular weight is 564 g/mol. The minimum atomic E-state index is -3.95. The molecule has 0 aliphatic carbocycles. The molecule has 0 spiro atoms. The van der Waals surface area contributed by atoms with Crippen molar-refractivity contribution in [1.82, 2.24) is 10.3 Å². The highest BCUT2D eigenvalue weighted by Gasteiger charge is 2.36. The molecule has 0 aliphatic rings. The van der Waals surface area contributed by atoms with Crippen molar-refractivity contribution in [3.63, 3.8) is 0 Å². The molecule has 0 unspecified atom stereocenters. The lowest BCUT2D eigenvalue weighted by Crippen LogP contribution is -2.44. The summed E-state index contributed by atoms with van der Waals surface area (Å²) < 4.78 is 39.6. The van der Waals surface area contributed by atoms with Crippen LogP contribution < -0.4 is 14.8 Å². The third-order valence-corrected chi connectivity index (χ3v) is 7.24. The molecular formula is C28H41N3O7S. The number of aromatic nitrogens is 1. The number of nitrogens with zero attached hydrogens (tertiary/aromatic N) is 1. The number of carbonyl (C=O) groups excluding carboxylic acids is 1. The SMILES string of the molecule is CC(C)OCCC(C)(C)NC(=O)c1ccc(NS(=O)(=O)c2ccc(OC(C)(C)CC(C)(C)C(=O)O)cc2)nc1. The van der Waals surface area contributed by atoms with Crippen molar-refractivity contribution in [2.75, 3.05) is 11.3 Å². The summed E-state index contributed by atoms with van der Waals surface area (Å²) in [6, 6.07) is 8.73. The fraction of sp³-hybridized carbons (Fsp3) is 0.536. The van der Waals surface area contributed by atoms with Crippen LogP contribution in [0.4, 0.5) is 5.82 Å². The van der Waals surface area contributed by atoms with E-state index in [1.807, 2.05) is 27.7 Å². The lowest BCUT2D eigenvalue weighted by molar-refractivity contribution is -0.149. The lowest BCUT2D eigenvalue weighted by Gasteiger charge is -2.32. The van der Waals surface area contributed by atoms with Crippen LogP contribution in [0, 0.1) is 5.41 Å². The molecule has 1 amide bonds. The summed E-state index contributed by atoms with van der Waals surface area (Å²) in [4.78, 5) is 28.2. The summed E-state index contributed by atoms with van der Waals surface area (Å²) in [6.07, 6.45) is 2.30. The predicted molar refractivity (Wildman–Crippen MR) is 149 cm³/mol. The number of hydrogen-bond donors (Lipinski definition) is 3. The molecule has 0 radical (unpaired) electrons. The number of pyridine rings is 1. The van der Waals surface area contributed by atoms with Gasteiger partial charge in [-0.2, -0.15) is 0 Å². The topological polar surface area (TPSA) is 144 Å². The molecule has 0 aliphatic heterocycles. The minimum absolute atomic E-state index is 0.00694. The molecule has 216 valence electrons. The molecule has 2 rings (SSSR count). The molecule has 3 N–H and O–H groups in total. The molecular weight excluding hydrogens is 522 g/mol. The molecule has 0 bridgehead atoms. The summed E-state index contributed by atoms with van der Waals surface area (Å²) in [5, 5.41) is 12.3. The Morgan fingerprint density at radius 1 is 1.00 bits per heavy atom. The Morgan fingerprint density at radius 3 is 2.13 bits per heavy atom. The van der Waals surface area contributed by atoms with E-state index in [0.29, 0.717) is 24.3 Å². The Morgan fingerprint density at radius 2 is 1.62 bits per heavy atom. The van der Waals surface area contributed by atoms with E-state index in [1.54, 1.807) is 27.7 Å². The zero-order valence-corrected chi connectivity index (χ0v) is 24.8. The van der Waals surface area contributed by atoms with Gasteiger partial charge in [0, 0.05) is 24.8 Å². The van der Waals surface area contributed by atoms with Crippen LogP contribution in [-0.4, -0.2) is 54.2 Å². The first-order valence-electron chi connectivity index (χ1n) is 12.8. The molecule has 0 saturated heterocycles. The van der Waals surface area contributed by atoms with Crippen molar-refractivity contribution < 1.29 is 32.6 Å². The molecule has 11 heteroatoms. The van der Waals surface area contributed by atoms with Crippen molar-refractivity contribution in [3.05, 3.63) is 48.2 Å². The number of carboxylic acids is 1. The van der Waals surface area contributed by atoms with Gasteiger partial charge in [0.25, 0.3) is 15.9 Å². The van der Waals surface area contributed by atoms with E-state index >= 15 is 0 Å². The van der Waals surface area contributed by atoms with Gasteiger partial charge in [0.05, 0.1) is 22.0 Å². The first-order chi connectivity index (χ1) is 17.8. The third-order valence-electron chi connectivity index (χ3n) is 5.87. The van der Waals surface area contributed by atoms with Gasteiger partial charge in [0.2, 0.25) is 0 Å². The van der Waals surface area contributed by atoms with Crippen LogP contribution in [0.3, 0.4) is 0 Å². The maximum Gasteiger partial charge on any atom is 0.309 e. The maximum absolute atomic E-state index is 12.9. The first-order valence-corrected chi connectivity index (χ1v) is 14.3. The van der Waals surface area contributed by atoms with Crippen molar-refractivity contribution >= 4 is 27.7 Å².